The molecular weight excluding hydrogens is 314 g/mol. The Morgan fingerprint density at radius 3 is 3.04 bits per heavy atom. The standard InChI is InChI=1S/C20H25N3O2/c1-4-12(2)22-20(24)14-8-16-15-6-5-7-17-19(15)13(10-21-17)9-18(16)23(3,25)11-14/h5-8,10,12,14,18,21H,4,9,11H2,1-3H3,(H,22,24)/t12-,14?,18-,23?/m1/s1. The first-order chi connectivity index (χ1) is 11.9. The molecule has 5 heteroatoms. The number of rotatable bonds is 3. The number of nitrogens with zero attached hydrogens (tertiary/aromatic N) is 1. The minimum absolute atomic E-state index is 0.0347. The lowest BCUT2D eigenvalue weighted by Gasteiger charge is -2.51. The number of carbonyl (C=O) groups excluding carboxylic acids is 1. The molecule has 1 aliphatic heterocycles. The summed E-state index contributed by atoms with van der Waals surface area (Å²) in [5, 5.41) is 17.6. The second-order valence-corrected chi connectivity index (χ2v) is 7.67. The van der Waals surface area contributed by atoms with Crippen LogP contribution in [0.4, 0.5) is 0 Å². The lowest BCUT2D eigenvalue weighted by atomic mass is 9.79. The number of aromatic amines is 1. The van der Waals surface area contributed by atoms with Gasteiger partial charge in [-0.15, -0.1) is 0 Å². The van der Waals surface area contributed by atoms with Crippen molar-refractivity contribution in [1.82, 2.24) is 10.3 Å². The molecular formula is C20H25N3O2. The van der Waals surface area contributed by atoms with Gasteiger partial charge in [0.15, 0.2) is 0 Å². The van der Waals surface area contributed by atoms with Gasteiger partial charge < -0.3 is 20.2 Å². The van der Waals surface area contributed by atoms with Crippen LogP contribution in [0.5, 0.6) is 0 Å². The number of hydrogen-bond acceptors (Lipinski definition) is 2. The van der Waals surface area contributed by atoms with Crippen LogP contribution in [0.1, 0.15) is 31.4 Å². The van der Waals surface area contributed by atoms with Crippen LogP contribution in [-0.2, 0) is 11.2 Å². The van der Waals surface area contributed by atoms with Crippen molar-refractivity contribution in [2.45, 2.75) is 38.8 Å². The molecule has 1 aromatic carbocycles. The van der Waals surface area contributed by atoms with E-state index in [-0.39, 0.29) is 23.9 Å². The Morgan fingerprint density at radius 1 is 1.48 bits per heavy atom. The van der Waals surface area contributed by atoms with Crippen LogP contribution < -0.4 is 5.32 Å². The minimum atomic E-state index is -0.397. The lowest BCUT2D eigenvalue weighted by molar-refractivity contribution is -0.880. The largest absolute Gasteiger partial charge is 0.633 e. The number of nitrogens with one attached hydrogen (secondary N) is 2. The summed E-state index contributed by atoms with van der Waals surface area (Å²) in [6, 6.07) is 6.14. The van der Waals surface area contributed by atoms with E-state index in [0.29, 0.717) is 6.54 Å². The summed E-state index contributed by atoms with van der Waals surface area (Å²) in [5.74, 6) is -0.411. The number of benzene rings is 1. The third kappa shape index (κ3) is 2.58. The molecule has 0 saturated carbocycles. The van der Waals surface area contributed by atoms with E-state index in [0.717, 1.165) is 29.5 Å². The van der Waals surface area contributed by atoms with Crippen molar-refractivity contribution < 1.29 is 9.44 Å². The van der Waals surface area contributed by atoms with Crippen molar-refractivity contribution >= 4 is 22.4 Å². The maximum absolute atomic E-state index is 13.3. The molecule has 1 aromatic heterocycles. The van der Waals surface area contributed by atoms with Gasteiger partial charge in [-0.1, -0.05) is 25.1 Å². The summed E-state index contributed by atoms with van der Waals surface area (Å²) in [4.78, 5) is 16.0. The first-order valence-electron chi connectivity index (χ1n) is 9.08. The average molecular weight is 339 g/mol. The number of likely N-dealkylation sites (N-methyl/N-ethyl adjacent to an activating group) is 1. The summed E-state index contributed by atoms with van der Waals surface area (Å²) in [5.41, 5.74) is 4.44. The molecule has 2 aliphatic rings. The van der Waals surface area contributed by atoms with Crippen LogP contribution >= 0.6 is 0 Å². The topological polar surface area (TPSA) is 68.0 Å². The van der Waals surface area contributed by atoms with Gasteiger partial charge >= 0.3 is 0 Å². The number of aromatic nitrogens is 1. The molecule has 0 bridgehead atoms. The smallest absolute Gasteiger partial charge is 0.232 e. The minimum Gasteiger partial charge on any atom is -0.633 e. The maximum atomic E-state index is 13.3. The highest BCUT2D eigenvalue weighted by Gasteiger charge is 2.42. The molecule has 4 atom stereocenters. The SMILES string of the molecule is CC[C@@H](C)NC(=O)C1C=C2c3cccc4[nH]cc(c34)C[C@H]2[N+](C)([O-])C1. The second-order valence-electron chi connectivity index (χ2n) is 7.67. The van der Waals surface area contributed by atoms with Gasteiger partial charge in [0.05, 0.1) is 13.6 Å². The van der Waals surface area contributed by atoms with Crippen LogP contribution in [0.15, 0.2) is 30.5 Å². The number of quaternary nitrogens is 1. The highest BCUT2D eigenvalue weighted by molar-refractivity contribution is 5.99. The van der Waals surface area contributed by atoms with Gasteiger partial charge in [0.2, 0.25) is 5.91 Å². The Bertz CT molecular complexity index is 865. The molecule has 0 spiro atoms. The molecule has 0 fully saturated rings. The van der Waals surface area contributed by atoms with Gasteiger partial charge in [0, 0.05) is 35.1 Å². The number of hydrogen-bond donors (Lipinski definition) is 2. The molecule has 2 aromatic rings. The van der Waals surface area contributed by atoms with E-state index in [2.05, 4.69) is 22.4 Å². The van der Waals surface area contributed by atoms with Crippen molar-refractivity contribution in [2.75, 3.05) is 13.6 Å². The van der Waals surface area contributed by atoms with E-state index < -0.39 is 4.65 Å². The maximum Gasteiger partial charge on any atom is 0.232 e. The predicted octanol–water partition coefficient (Wildman–Crippen LogP) is 2.96. The highest BCUT2D eigenvalue weighted by Crippen LogP contribution is 2.43. The Labute approximate surface area is 147 Å². The fourth-order valence-corrected chi connectivity index (χ4v) is 4.24. The van der Waals surface area contributed by atoms with E-state index in [1.54, 1.807) is 7.05 Å². The van der Waals surface area contributed by atoms with Crippen LogP contribution in [0.25, 0.3) is 16.5 Å². The fraction of sp³-hybridized carbons (Fsp3) is 0.450. The summed E-state index contributed by atoms with van der Waals surface area (Å²) in [7, 11) is 1.71. The number of amides is 1. The van der Waals surface area contributed by atoms with Crippen LogP contribution in [0, 0.1) is 11.1 Å². The predicted molar refractivity (Wildman–Crippen MR) is 99.6 cm³/mol. The van der Waals surface area contributed by atoms with Crippen LogP contribution in [0.3, 0.4) is 0 Å². The van der Waals surface area contributed by atoms with Crippen molar-refractivity contribution in [3.8, 4) is 0 Å². The summed E-state index contributed by atoms with van der Waals surface area (Å²) in [6.07, 6.45) is 5.67. The Hall–Kier alpha value is -2.11. The van der Waals surface area contributed by atoms with Gasteiger partial charge in [-0.05, 0) is 30.5 Å². The molecule has 4 rings (SSSR count). The van der Waals surface area contributed by atoms with Crippen molar-refractivity contribution in [3.63, 3.8) is 0 Å². The van der Waals surface area contributed by atoms with Gasteiger partial charge in [-0.2, -0.15) is 0 Å². The van der Waals surface area contributed by atoms with Crippen molar-refractivity contribution in [1.29, 1.82) is 0 Å². The van der Waals surface area contributed by atoms with Gasteiger partial charge in [-0.3, -0.25) is 4.79 Å². The molecule has 5 nitrogen and oxygen atoms in total. The lowest BCUT2D eigenvalue weighted by Crippen LogP contribution is -2.57. The third-order valence-electron chi connectivity index (χ3n) is 5.81. The zero-order valence-corrected chi connectivity index (χ0v) is 15.0. The van der Waals surface area contributed by atoms with Crippen molar-refractivity contribution in [2.24, 2.45) is 5.92 Å². The van der Waals surface area contributed by atoms with Crippen LogP contribution in [-0.4, -0.2) is 41.2 Å². The van der Waals surface area contributed by atoms with E-state index in [1.165, 1.54) is 10.9 Å². The number of fused-ring (bicyclic) bond motifs is 2. The average Bonchev–Trinajstić information content (AvgIpc) is 2.99. The number of hydroxylamine groups is 3. The van der Waals surface area contributed by atoms with Crippen molar-refractivity contribution in [3.05, 3.63) is 46.8 Å². The first kappa shape index (κ1) is 16.4. The Balaban J connectivity index is 1.79. The molecule has 2 heterocycles. The van der Waals surface area contributed by atoms with Gasteiger partial charge in [0.25, 0.3) is 0 Å². The summed E-state index contributed by atoms with van der Waals surface area (Å²) < 4.78 is -0.397. The zero-order chi connectivity index (χ0) is 17.8. The second kappa shape index (κ2) is 5.71. The molecule has 2 N–H and O–H groups in total. The Kier molecular flexibility index (Phi) is 3.74. The molecule has 0 saturated heterocycles. The van der Waals surface area contributed by atoms with E-state index >= 15 is 0 Å². The molecule has 132 valence electrons. The molecule has 1 aliphatic carbocycles. The van der Waals surface area contributed by atoms with E-state index in [1.807, 2.05) is 32.2 Å². The van der Waals surface area contributed by atoms with E-state index in [9.17, 15) is 10.0 Å². The summed E-state index contributed by atoms with van der Waals surface area (Å²) >= 11 is 0. The van der Waals surface area contributed by atoms with E-state index in [4.69, 9.17) is 0 Å². The molecule has 1 amide bonds. The normalized spacial score (nSPS) is 29.0. The number of carbonyl (C=O) groups is 1. The Morgan fingerprint density at radius 2 is 2.28 bits per heavy atom. The van der Waals surface area contributed by atoms with Gasteiger partial charge in [-0.25, -0.2) is 0 Å². The molecule has 25 heavy (non-hydrogen) atoms. The number of H-pyrrole nitrogens is 1. The van der Waals surface area contributed by atoms with Gasteiger partial charge in [0.1, 0.15) is 12.0 Å². The molecule has 0 radical (unpaired) electrons. The third-order valence-corrected chi connectivity index (χ3v) is 5.81. The first-order valence-corrected chi connectivity index (χ1v) is 9.08. The monoisotopic (exact) mass is 339 g/mol. The molecule has 2 unspecified atom stereocenters. The quantitative estimate of drug-likeness (QED) is 0.667. The summed E-state index contributed by atoms with van der Waals surface area (Å²) in [6.45, 7) is 4.34. The highest BCUT2D eigenvalue weighted by atomic mass is 16.5. The zero-order valence-electron chi connectivity index (χ0n) is 15.0. The van der Waals surface area contributed by atoms with Crippen LogP contribution in [0.2, 0.25) is 0 Å². The fourth-order valence-electron chi connectivity index (χ4n) is 4.24.